The highest BCUT2D eigenvalue weighted by Crippen LogP contribution is 2.23. The van der Waals surface area contributed by atoms with Gasteiger partial charge in [0.1, 0.15) is 5.75 Å². The van der Waals surface area contributed by atoms with E-state index in [4.69, 9.17) is 10.00 Å². The molecule has 0 amide bonds. The van der Waals surface area contributed by atoms with Crippen molar-refractivity contribution < 1.29 is 4.74 Å². The number of ether oxygens (including phenoxy) is 1. The van der Waals surface area contributed by atoms with E-state index in [1.165, 1.54) is 5.69 Å². The van der Waals surface area contributed by atoms with Crippen molar-refractivity contribution >= 4 is 5.69 Å². The number of rotatable bonds is 3. The van der Waals surface area contributed by atoms with Crippen LogP contribution in [0.15, 0.2) is 24.3 Å². The second-order valence-electron chi connectivity index (χ2n) is 5.00. The average molecular weight is 259 g/mol. The zero-order valence-corrected chi connectivity index (χ0v) is 11.7. The van der Waals surface area contributed by atoms with Gasteiger partial charge in [-0.2, -0.15) is 5.26 Å². The van der Waals surface area contributed by atoms with E-state index in [9.17, 15) is 0 Å². The number of methoxy groups -OCH3 is 1. The average Bonchev–Trinajstić information content (AvgIpc) is 2.62. The van der Waals surface area contributed by atoms with Crippen LogP contribution in [0, 0.1) is 11.3 Å². The molecule has 0 aliphatic carbocycles. The number of likely N-dealkylation sites (N-methyl/N-ethyl adjacent to an activating group) is 1. The van der Waals surface area contributed by atoms with Gasteiger partial charge >= 0.3 is 0 Å². The summed E-state index contributed by atoms with van der Waals surface area (Å²) in [5.41, 5.74) is 1.18. The van der Waals surface area contributed by atoms with E-state index >= 15 is 0 Å². The molecule has 19 heavy (non-hydrogen) atoms. The summed E-state index contributed by atoms with van der Waals surface area (Å²) in [5.74, 6) is 0.881. The molecule has 1 unspecified atom stereocenters. The van der Waals surface area contributed by atoms with Crippen molar-refractivity contribution in [2.75, 3.05) is 38.7 Å². The van der Waals surface area contributed by atoms with Crippen LogP contribution in [0.4, 0.5) is 5.69 Å². The fourth-order valence-corrected chi connectivity index (χ4v) is 2.55. The predicted octanol–water partition coefficient (Wildman–Crippen LogP) is 2.12. The molecule has 2 rings (SSSR count). The SMILES string of the molecule is COc1cccc(N2CCCN(C)C(CC#N)C2)c1. The maximum atomic E-state index is 8.95. The quantitative estimate of drug-likeness (QED) is 0.833. The van der Waals surface area contributed by atoms with Gasteiger partial charge in [-0.1, -0.05) is 6.07 Å². The third-order valence-corrected chi connectivity index (χ3v) is 3.74. The first-order chi connectivity index (χ1) is 9.24. The van der Waals surface area contributed by atoms with Gasteiger partial charge in [0.15, 0.2) is 0 Å². The highest BCUT2D eigenvalue weighted by atomic mass is 16.5. The van der Waals surface area contributed by atoms with Crippen LogP contribution < -0.4 is 9.64 Å². The first kappa shape index (κ1) is 13.7. The molecule has 1 aromatic rings. The summed E-state index contributed by atoms with van der Waals surface area (Å²) in [5, 5.41) is 8.95. The standard InChI is InChI=1S/C15H21N3O/c1-17-9-4-10-18(12-14(17)7-8-16)13-5-3-6-15(11-13)19-2/h3,5-6,11,14H,4,7,9-10,12H2,1-2H3. The van der Waals surface area contributed by atoms with Crippen LogP contribution in [-0.4, -0.2) is 44.7 Å². The summed E-state index contributed by atoms with van der Waals surface area (Å²) in [6.45, 7) is 2.98. The lowest BCUT2D eigenvalue weighted by Crippen LogP contribution is -2.38. The first-order valence-corrected chi connectivity index (χ1v) is 6.71. The van der Waals surface area contributed by atoms with Crippen molar-refractivity contribution in [2.45, 2.75) is 18.9 Å². The van der Waals surface area contributed by atoms with E-state index in [1.807, 2.05) is 12.1 Å². The Bertz CT molecular complexity index is 455. The summed E-state index contributed by atoms with van der Waals surface area (Å²) < 4.78 is 5.28. The zero-order valence-electron chi connectivity index (χ0n) is 11.7. The molecule has 0 spiro atoms. The summed E-state index contributed by atoms with van der Waals surface area (Å²) in [6, 6.07) is 10.7. The van der Waals surface area contributed by atoms with Crippen LogP contribution in [0.1, 0.15) is 12.8 Å². The van der Waals surface area contributed by atoms with Crippen LogP contribution in [0.3, 0.4) is 0 Å². The first-order valence-electron chi connectivity index (χ1n) is 6.71. The molecule has 1 aliphatic rings. The summed E-state index contributed by atoms with van der Waals surface area (Å²) in [7, 11) is 3.80. The lowest BCUT2D eigenvalue weighted by atomic mass is 10.2. The smallest absolute Gasteiger partial charge is 0.120 e. The van der Waals surface area contributed by atoms with Crippen LogP contribution in [0.25, 0.3) is 0 Å². The second-order valence-corrected chi connectivity index (χ2v) is 5.00. The molecular formula is C15H21N3O. The molecule has 1 aliphatic heterocycles. The molecule has 0 aromatic heterocycles. The Morgan fingerprint density at radius 3 is 3.00 bits per heavy atom. The molecule has 102 valence electrons. The maximum Gasteiger partial charge on any atom is 0.120 e. The molecule has 0 radical (unpaired) electrons. The molecule has 1 fully saturated rings. The molecule has 0 bridgehead atoms. The fourth-order valence-electron chi connectivity index (χ4n) is 2.55. The second kappa shape index (κ2) is 6.44. The van der Waals surface area contributed by atoms with Crippen molar-refractivity contribution in [2.24, 2.45) is 0 Å². The van der Waals surface area contributed by atoms with Gasteiger partial charge in [-0.15, -0.1) is 0 Å². The lowest BCUT2D eigenvalue weighted by Gasteiger charge is -2.28. The number of nitrogens with zero attached hydrogens (tertiary/aromatic N) is 3. The molecule has 1 aromatic carbocycles. The number of benzene rings is 1. The van der Waals surface area contributed by atoms with Crippen molar-refractivity contribution in [3.8, 4) is 11.8 Å². The molecule has 1 atom stereocenters. The molecule has 4 heteroatoms. The molecule has 1 heterocycles. The third kappa shape index (κ3) is 3.39. The minimum atomic E-state index is 0.304. The van der Waals surface area contributed by atoms with Crippen LogP contribution >= 0.6 is 0 Å². The number of nitriles is 1. The molecule has 1 saturated heterocycles. The zero-order chi connectivity index (χ0) is 13.7. The van der Waals surface area contributed by atoms with Crippen molar-refractivity contribution in [3.63, 3.8) is 0 Å². The van der Waals surface area contributed by atoms with Crippen molar-refractivity contribution in [1.82, 2.24) is 4.90 Å². The van der Waals surface area contributed by atoms with Gasteiger partial charge in [0, 0.05) is 30.9 Å². The van der Waals surface area contributed by atoms with Gasteiger partial charge in [-0.3, -0.25) is 0 Å². The maximum absolute atomic E-state index is 8.95. The van der Waals surface area contributed by atoms with Crippen LogP contribution in [0.5, 0.6) is 5.75 Å². The van der Waals surface area contributed by atoms with E-state index in [2.05, 4.69) is 35.0 Å². The van der Waals surface area contributed by atoms with Gasteiger partial charge in [0.25, 0.3) is 0 Å². The Hall–Kier alpha value is -1.73. The lowest BCUT2D eigenvalue weighted by molar-refractivity contribution is 0.264. The summed E-state index contributed by atoms with van der Waals surface area (Å²) >= 11 is 0. The number of hydrogen-bond acceptors (Lipinski definition) is 4. The minimum Gasteiger partial charge on any atom is -0.497 e. The van der Waals surface area contributed by atoms with Gasteiger partial charge < -0.3 is 14.5 Å². The molecule has 4 nitrogen and oxygen atoms in total. The third-order valence-electron chi connectivity index (χ3n) is 3.74. The number of anilines is 1. The monoisotopic (exact) mass is 259 g/mol. The largest absolute Gasteiger partial charge is 0.497 e. The Morgan fingerprint density at radius 2 is 2.26 bits per heavy atom. The van der Waals surface area contributed by atoms with Crippen molar-refractivity contribution in [1.29, 1.82) is 5.26 Å². The van der Waals surface area contributed by atoms with Crippen molar-refractivity contribution in [3.05, 3.63) is 24.3 Å². The topological polar surface area (TPSA) is 39.5 Å². The summed E-state index contributed by atoms with van der Waals surface area (Å²) in [4.78, 5) is 4.65. The molecule has 0 N–H and O–H groups in total. The highest BCUT2D eigenvalue weighted by molar-refractivity contribution is 5.51. The van der Waals surface area contributed by atoms with Gasteiger partial charge in [-0.05, 0) is 32.1 Å². The highest BCUT2D eigenvalue weighted by Gasteiger charge is 2.22. The van der Waals surface area contributed by atoms with E-state index in [-0.39, 0.29) is 0 Å². The van der Waals surface area contributed by atoms with E-state index in [0.717, 1.165) is 31.8 Å². The predicted molar refractivity (Wildman–Crippen MR) is 76.5 cm³/mol. The van der Waals surface area contributed by atoms with Gasteiger partial charge in [0.2, 0.25) is 0 Å². The number of hydrogen-bond donors (Lipinski definition) is 0. The Morgan fingerprint density at radius 1 is 1.42 bits per heavy atom. The minimum absolute atomic E-state index is 0.304. The van der Waals surface area contributed by atoms with E-state index < -0.39 is 0 Å². The summed E-state index contributed by atoms with van der Waals surface area (Å²) in [6.07, 6.45) is 1.70. The molecular weight excluding hydrogens is 238 g/mol. The Kier molecular flexibility index (Phi) is 4.64. The van der Waals surface area contributed by atoms with E-state index in [0.29, 0.717) is 12.5 Å². The van der Waals surface area contributed by atoms with Crippen LogP contribution in [-0.2, 0) is 0 Å². The van der Waals surface area contributed by atoms with Gasteiger partial charge in [0.05, 0.1) is 19.6 Å². The van der Waals surface area contributed by atoms with Gasteiger partial charge in [-0.25, -0.2) is 0 Å². The Labute approximate surface area is 115 Å². The van der Waals surface area contributed by atoms with Crippen LogP contribution in [0.2, 0.25) is 0 Å². The fraction of sp³-hybridized carbons (Fsp3) is 0.533. The Balaban J connectivity index is 2.16. The molecule has 0 saturated carbocycles. The van der Waals surface area contributed by atoms with E-state index in [1.54, 1.807) is 7.11 Å². The normalized spacial score (nSPS) is 20.7.